The van der Waals surface area contributed by atoms with Crippen LogP contribution in [-0.2, 0) is 6.61 Å². The van der Waals surface area contributed by atoms with Crippen molar-refractivity contribution in [1.82, 2.24) is 5.32 Å². The predicted molar refractivity (Wildman–Crippen MR) is 87.7 cm³/mol. The van der Waals surface area contributed by atoms with Crippen LogP contribution in [0, 0.1) is 5.82 Å². The van der Waals surface area contributed by atoms with Gasteiger partial charge in [-0.2, -0.15) is 0 Å². The number of nitrogens with one attached hydrogen (secondary N) is 1. The molecule has 0 aromatic heterocycles. The summed E-state index contributed by atoms with van der Waals surface area (Å²) >= 11 is 0. The van der Waals surface area contributed by atoms with E-state index in [1.807, 2.05) is 24.3 Å². The molecule has 3 rings (SSSR count). The Bertz CT molecular complexity index is 716. The monoisotopic (exact) mass is 314 g/mol. The van der Waals surface area contributed by atoms with Crippen molar-refractivity contribution >= 4 is 5.84 Å². The standard InChI is InChI=1S/C18H19FN2O2/c1-22-15-8-3-2-6-13(15)12-23-16-9-4-7-14(19)17(16)18-20-10-5-11-21-18/h2-4,6-9H,5,10-12H2,1H3,(H,20,21). The van der Waals surface area contributed by atoms with Gasteiger partial charge < -0.3 is 14.8 Å². The molecule has 2 aromatic carbocycles. The third kappa shape index (κ3) is 3.44. The largest absolute Gasteiger partial charge is 0.496 e. The second-order valence-corrected chi connectivity index (χ2v) is 5.22. The highest BCUT2D eigenvalue weighted by Gasteiger charge is 2.18. The third-order valence-electron chi connectivity index (χ3n) is 3.69. The number of ether oxygens (including phenoxy) is 2. The summed E-state index contributed by atoms with van der Waals surface area (Å²) in [7, 11) is 1.62. The van der Waals surface area contributed by atoms with Crippen molar-refractivity contribution < 1.29 is 13.9 Å². The number of methoxy groups -OCH3 is 1. The summed E-state index contributed by atoms with van der Waals surface area (Å²) in [6.07, 6.45) is 0.954. The average Bonchev–Trinajstić information content (AvgIpc) is 2.61. The van der Waals surface area contributed by atoms with Gasteiger partial charge in [0.15, 0.2) is 0 Å². The lowest BCUT2D eigenvalue weighted by Gasteiger charge is -2.18. The lowest BCUT2D eigenvalue weighted by molar-refractivity contribution is 0.294. The molecular weight excluding hydrogens is 295 g/mol. The van der Waals surface area contributed by atoms with E-state index in [0.29, 0.717) is 30.3 Å². The molecule has 120 valence electrons. The van der Waals surface area contributed by atoms with Crippen LogP contribution in [0.15, 0.2) is 47.5 Å². The first-order valence-electron chi connectivity index (χ1n) is 7.61. The molecule has 0 atom stereocenters. The number of nitrogens with zero attached hydrogens (tertiary/aromatic N) is 1. The van der Waals surface area contributed by atoms with E-state index in [2.05, 4.69) is 10.3 Å². The fourth-order valence-electron chi connectivity index (χ4n) is 2.53. The van der Waals surface area contributed by atoms with Crippen LogP contribution in [0.1, 0.15) is 17.5 Å². The van der Waals surface area contributed by atoms with Crippen molar-refractivity contribution in [2.75, 3.05) is 20.2 Å². The number of hydrogen-bond acceptors (Lipinski definition) is 4. The highest BCUT2D eigenvalue weighted by Crippen LogP contribution is 2.25. The molecule has 2 aromatic rings. The molecule has 0 aliphatic carbocycles. The number of halogens is 1. The number of rotatable bonds is 5. The SMILES string of the molecule is COc1ccccc1COc1cccc(F)c1C1=NCCCN1. The number of hydrogen-bond donors (Lipinski definition) is 1. The number of aliphatic imine (C=N–C) groups is 1. The lowest BCUT2D eigenvalue weighted by atomic mass is 10.1. The zero-order valence-corrected chi connectivity index (χ0v) is 13.0. The normalized spacial score (nSPS) is 13.9. The van der Waals surface area contributed by atoms with Gasteiger partial charge in [0.2, 0.25) is 0 Å². The Labute approximate surface area is 135 Å². The number of benzene rings is 2. The van der Waals surface area contributed by atoms with Crippen molar-refractivity contribution in [2.24, 2.45) is 4.99 Å². The van der Waals surface area contributed by atoms with Crippen LogP contribution in [0.5, 0.6) is 11.5 Å². The molecule has 4 nitrogen and oxygen atoms in total. The Morgan fingerprint density at radius 2 is 1.96 bits per heavy atom. The van der Waals surface area contributed by atoms with E-state index in [9.17, 15) is 4.39 Å². The van der Waals surface area contributed by atoms with Gasteiger partial charge in [-0.15, -0.1) is 0 Å². The van der Waals surface area contributed by atoms with Crippen LogP contribution >= 0.6 is 0 Å². The first-order chi connectivity index (χ1) is 11.3. The van der Waals surface area contributed by atoms with Crippen LogP contribution in [0.2, 0.25) is 0 Å². The van der Waals surface area contributed by atoms with Gasteiger partial charge in [-0.3, -0.25) is 4.99 Å². The number of para-hydroxylation sites is 1. The Morgan fingerprint density at radius 3 is 2.74 bits per heavy atom. The van der Waals surface area contributed by atoms with Crippen molar-refractivity contribution in [2.45, 2.75) is 13.0 Å². The highest BCUT2D eigenvalue weighted by molar-refractivity contribution is 6.01. The van der Waals surface area contributed by atoms with E-state index < -0.39 is 0 Å². The van der Waals surface area contributed by atoms with Crippen LogP contribution < -0.4 is 14.8 Å². The van der Waals surface area contributed by atoms with Gasteiger partial charge in [0.05, 0.1) is 12.7 Å². The molecule has 0 fully saturated rings. The lowest BCUT2D eigenvalue weighted by Crippen LogP contribution is -2.31. The summed E-state index contributed by atoms with van der Waals surface area (Å²) in [4.78, 5) is 4.37. The Kier molecular flexibility index (Phi) is 4.76. The van der Waals surface area contributed by atoms with E-state index in [1.54, 1.807) is 19.2 Å². The summed E-state index contributed by atoms with van der Waals surface area (Å²) in [5, 5.41) is 3.14. The highest BCUT2D eigenvalue weighted by atomic mass is 19.1. The molecule has 0 spiro atoms. The van der Waals surface area contributed by atoms with E-state index in [4.69, 9.17) is 9.47 Å². The second kappa shape index (κ2) is 7.13. The van der Waals surface area contributed by atoms with Crippen molar-refractivity contribution in [3.8, 4) is 11.5 Å². The molecule has 23 heavy (non-hydrogen) atoms. The van der Waals surface area contributed by atoms with Gasteiger partial charge in [0.25, 0.3) is 0 Å². The van der Waals surface area contributed by atoms with Crippen LogP contribution in [-0.4, -0.2) is 26.0 Å². The smallest absolute Gasteiger partial charge is 0.137 e. The summed E-state index contributed by atoms with van der Waals surface area (Å²) in [5.41, 5.74) is 1.30. The van der Waals surface area contributed by atoms with E-state index >= 15 is 0 Å². The van der Waals surface area contributed by atoms with Crippen molar-refractivity contribution in [3.63, 3.8) is 0 Å². The summed E-state index contributed by atoms with van der Waals surface area (Å²) in [5.74, 6) is 1.45. The van der Waals surface area contributed by atoms with Crippen LogP contribution in [0.25, 0.3) is 0 Å². The maximum Gasteiger partial charge on any atom is 0.137 e. The van der Waals surface area contributed by atoms with E-state index in [1.165, 1.54) is 6.07 Å². The molecule has 0 bridgehead atoms. The average molecular weight is 314 g/mol. The zero-order chi connectivity index (χ0) is 16.1. The maximum absolute atomic E-state index is 14.3. The number of amidine groups is 1. The van der Waals surface area contributed by atoms with E-state index in [-0.39, 0.29) is 5.82 Å². The van der Waals surface area contributed by atoms with Crippen LogP contribution in [0.3, 0.4) is 0 Å². The fraction of sp³-hybridized carbons (Fsp3) is 0.278. The molecular formula is C18H19FN2O2. The zero-order valence-electron chi connectivity index (χ0n) is 13.0. The minimum absolute atomic E-state index is 0.299. The quantitative estimate of drug-likeness (QED) is 0.922. The van der Waals surface area contributed by atoms with Crippen molar-refractivity contribution in [3.05, 3.63) is 59.4 Å². The molecule has 1 heterocycles. The molecule has 0 radical (unpaired) electrons. The van der Waals surface area contributed by atoms with Gasteiger partial charge in [-0.05, 0) is 24.6 Å². The summed E-state index contributed by atoms with van der Waals surface area (Å²) in [6.45, 7) is 1.79. The molecule has 0 saturated carbocycles. The first-order valence-corrected chi connectivity index (χ1v) is 7.61. The fourth-order valence-corrected chi connectivity index (χ4v) is 2.53. The first kappa shape index (κ1) is 15.3. The Hall–Kier alpha value is -2.56. The van der Waals surface area contributed by atoms with Gasteiger partial charge in [0, 0.05) is 18.7 Å². The van der Waals surface area contributed by atoms with E-state index in [0.717, 1.165) is 24.3 Å². The minimum atomic E-state index is -0.337. The Balaban J connectivity index is 1.85. The third-order valence-corrected chi connectivity index (χ3v) is 3.69. The van der Waals surface area contributed by atoms with Gasteiger partial charge in [-0.1, -0.05) is 24.3 Å². The topological polar surface area (TPSA) is 42.9 Å². The molecule has 0 unspecified atom stereocenters. The Morgan fingerprint density at radius 1 is 1.13 bits per heavy atom. The molecule has 1 aliphatic rings. The van der Waals surface area contributed by atoms with Gasteiger partial charge >= 0.3 is 0 Å². The molecule has 1 aliphatic heterocycles. The summed E-state index contributed by atoms with van der Waals surface area (Å²) < 4.78 is 25.5. The molecule has 5 heteroatoms. The molecule has 1 N–H and O–H groups in total. The van der Waals surface area contributed by atoms with Crippen molar-refractivity contribution in [1.29, 1.82) is 0 Å². The maximum atomic E-state index is 14.3. The predicted octanol–water partition coefficient (Wildman–Crippen LogP) is 3.15. The summed E-state index contributed by atoms with van der Waals surface area (Å²) in [6, 6.07) is 12.4. The molecule has 0 saturated heterocycles. The minimum Gasteiger partial charge on any atom is -0.496 e. The van der Waals surface area contributed by atoms with Crippen LogP contribution in [0.4, 0.5) is 4.39 Å². The van der Waals surface area contributed by atoms with Gasteiger partial charge in [-0.25, -0.2) is 4.39 Å². The second-order valence-electron chi connectivity index (χ2n) is 5.22. The molecule has 0 amide bonds. The van der Waals surface area contributed by atoms with Gasteiger partial charge in [0.1, 0.15) is 29.8 Å².